The Labute approximate surface area is 124 Å². The Balaban J connectivity index is 1.99. The molecule has 0 aliphatic rings. The number of halogens is 1. The molecule has 0 amide bonds. The van der Waals surface area contributed by atoms with Gasteiger partial charge in [-0.2, -0.15) is 0 Å². The highest BCUT2D eigenvalue weighted by Crippen LogP contribution is 2.19. The summed E-state index contributed by atoms with van der Waals surface area (Å²) in [5.41, 5.74) is 0.892. The molecule has 0 unspecified atom stereocenters. The van der Waals surface area contributed by atoms with E-state index in [4.69, 9.17) is 4.74 Å². The second-order valence-electron chi connectivity index (χ2n) is 5.31. The lowest BCUT2D eigenvalue weighted by Gasteiger charge is -2.10. The van der Waals surface area contributed by atoms with Gasteiger partial charge in [0.05, 0.1) is 0 Å². The molecule has 2 aromatic rings. The van der Waals surface area contributed by atoms with Crippen molar-refractivity contribution in [1.29, 1.82) is 0 Å². The molecule has 0 spiro atoms. The topological polar surface area (TPSA) is 52.0 Å². The number of hydrogen-bond acceptors (Lipinski definition) is 4. The first-order valence-corrected chi connectivity index (χ1v) is 6.97. The smallest absolute Gasteiger partial charge is 0.170 e. The standard InChI is InChI=1S/C15H21FN4O/c1-10(2)17-8-12-5-6-14(13(16)7-12)21-9-15-19-18-11(3)20(15)4/h5-7,10,17H,8-9H2,1-4H3. The molecule has 0 aliphatic carbocycles. The van der Waals surface area contributed by atoms with E-state index in [0.29, 0.717) is 18.4 Å². The summed E-state index contributed by atoms with van der Waals surface area (Å²) in [7, 11) is 1.85. The van der Waals surface area contributed by atoms with Crippen LogP contribution in [0.25, 0.3) is 0 Å². The van der Waals surface area contributed by atoms with Crippen LogP contribution in [0.2, 0.25) is 0 Å². The van der Waals surface area contributed by atoms with Gasteiger partial charge in [-0.05, 0) is 24.6 Å². The average molecular weight is 292 g/mol. The number of nitrogens with one attached hydrogen (secondary N) is 1. The highest BCUT2D eigenvalue weighted by molar-refractivity contribution is 5.29. The van der Waals surface area contributed by atoms with E-state index in [-0.39, 0.29) is 18.2 Å². The third-order valence-electron chi connectivity index (χ3n) is 3.25. The van der Waals surface area contributed by atoms with Gasteiger partial charge in [0, 0.05) is 19.6 Å². The van der Waals surface area contributed by atoms with Crippen molar-refractivity contribution < 1.29 is 9.13 Å². The molecular weight excluding hydrogens is 271 g/mol. The number of ether oxygens (including phenoxy) is 1. The number of benzene rings is 1. The van der Waals surface area contributed by atoms with E-state index in [9.17, 15) is 4.39 Å². The molecule has 21 heavy (non-hydrogen) atoms. The minimum absolute atomic E-state index is 0.192. The second kappa shape index (κ2) is 6.67. The lowest BCUT2D eigenvalue weighted by Crippen LogP contribution is -2.21. The van der Waals surface area contributed by atoms with Crippen LogP contribution in [-0.4, -0.2) is 20.8 Å². The zero-order valence-corrected chi connectivity index (χ0v) is 12.9. The normalized spacial score (nSPS) is 11.1. The first kappa shape index (κ1) is 15.4. The third kappa shape index (κ3) is 4.01. The zero-order valence-electron chi connectivity index (χ0n) is 12.9. The van der Waals surface area contributed by atoms with Crippen LogP contribution in [-0.2, 0) is 20.2 Å². The maximum atomic E-state index is 14.0. The molecule has 0 radical (unpaired) electrons. The van der Waals surface area contributed by atoms with Crippen LogP contribution in [0.15, 0.2) is 18.2 Å². The van der Waals surface area contributed by atoms with Gasteiger partial charge >= 0.3 is 0 Å². The summed E-state index contributed by atoms with van der Waals surface area (Å²) in [6.07, 6.45) is 0. The molecule has 6 heteroatoms. The molecule has 1 aromatic carbocycles. The van der Waals surface area contributed by atoms with Gasteiger partial charge in [-0.3, -0.25) is 0 Å². The lowest BCUT2D eigenvalue weighted by atomic mass is 10.2. The molecule has 1 heterocycles. The largest absolute Gasteiger partial charge is 0.483 e. The number of aryl methyl sites for hydroxylation is 1. The van der Waals surface area contributed by atoms with E-state index in [1.165, 1.54) is 6.07 Å². The van der Waals surface area contributed by atoms with E-state index in [1.807, 2.05) is 24.6 Å². The Morgan fingerprint density at radius 3 is 2.67 bits per heavy atom. The van der Waals surface area contributed by atoms with Gasteiger partial charge in [0.1, 0.15) is 12.4 Å². The Morgan fingerprint density at radius 2 is 2.10 bits per heavy atom. The number of hydrogen-bond donors (Lipinski definition) is 1. The molecule has 5 nitrogen and oxygen atoms in total. The van der Waals surface area contributed by atoms with Crippen LogP contribution in [0.4, 0.5) is 4.39 Å². The van der Waals surface area contributed by atoms with Crippen LogP contribution in [0.5, 0.6) is 5.75 Å². The highest BCUT2D eigenvalue weighted by Gasteiger charge is 2.09. The Hall–Kier alpha value is -1.95. The van der Waals surface area contributed by atoms with Crippen LogP contribution >= 0.6 is 0 Å². The maximum Gasteiger partial charge on any atom is 0.170 e. The van der Waals surface area contributed by atoms with Crippen molar-refractivity contribution in [1.82, 2.24) is 20.1 Å². The molecule has 114 valence electrons. The van der Waals surface area contributed by atoms with Crippen molar-refractivity contribution >= 4 is 0 Å². The monoisotopic (exact) mass is 292 g/mol. The van der Waals surface area contributed by atoms with Crippen LogP contribution in [0.3, 0.4) is 0 Å². The predicted molar refractivity (Wildman–Crippen MR) is 78.4 cm³/mol. The molecule has 0 aliphatic heterocycles. The molecule has 0 bridgehead atoms. The van der Waals surface area contributed by atoms with Crippen molar-refractivity contribution in [2.45, 2.75) is 40.0 Å². The predicted octanol–water partition coefficient (Wildman–Crippen LogP) is 2.34. The molecule has 0 atom stereocenters. The number of nitrogens with zero attached hydrogens (tertiary/aromatic N) is 3. The molecule has 1 aromatic heterocycles. The van der Waals surface area contributed by atoms with E-state index in [1.54, 1.807) is 6.07 Å². The first-order valence-electron chi connectivity index (χ1n) is 6.97. The van der Waals surface area contributed by atoms with Gasteiger partial charge < -0.3 is 14.6 Å². The Morgan fingerprint density at radius 1 is 1.33 bits per heavy atom. The van der Waals surface area contributed by atoms with Crippen LogP contribution in [0.1, 0.15) is 31.1 Å². The van der Waals surface area contributed by atoms with Crippen molar-refractivity contribution in [3.05, 3.63) is 41.2 Å². The number of aromatic nitrogens is 3. The zero-order chi connectivity index (χ0) is 15.4. The Kier molecular flexibility index (Phi) is 4.90. The van der Waals surface area contributed by atoms with Gasteiger partial charge in [-0.1, -0.05) is 19.9 Å². The molecule has 2 rings (SSSR count). The van der Waals surface area contributed by atoms with E-state index < -0.39 is 0 Å². The summed E-state index contributed by atoms with van der Waals surface area (Å²) >= 11 is 0. The van der Waals surface area contributed by atoms with Crippen molar-refractivity contribution in [2.75, 3.05) is 0 Å². The summed E-state index contributed by atoms with van der Waals surface area (Å²) in [5, 5.41) is 11.2. The third-order valence-corrected chi connectivity index (χ3v) is 3.25. The minimum Gasteiger partial charge on any atom is -0.483 e. The fraction of sp³-hybridized carbons (Fsp3) is 0.467. The highest BCUT2D eigenvalue weighted by atomic mass is 19.1. The Bertz CT molecular complexity index is 610. The maximum absolute atomic E-state index is 14.0. The van der Waals surface area contributed by atoms with Gasteiger partial charge in [0.2, 0.25) is 0 Å². The summed E-state index contributed by atoms with van der Waals surface area (Å²) in [4.78, 5) is 0. The van der Waals surface area contributed by atoms with Gasteiger partial charge in [-0.25, -0.2) is 4.39 Å². The van der Waals surface area contributed by atoms with Gasteiger partial charge in [0.15, 0.2) is 17.4 Å². The molecule has 0 saturated heterocycles. The fourth-order valence-corrected chi connectivity index (χ4v) is 1.81. The SMILES string of the molecule is Cc1nnc(COc2ccc(CNC(C)C)cc2F)n1C. The summed E-state index contributed by atoms with van der Waals surface area (Å²) in [6.45, 7) is 6.79. The summed E-state index contributed by atoms with van der Waals surface area (Å²) < 4.78 is 21.3. The van der Waals surface area contributed by atoms with E-state index >= 15 is 0 Å². The molecular formula is C15H21FN4O. The number of rotatable bonds is 6. The van der Waals surface area contributed by atoms with Crippen molar-refractivity contribution in [3.8, 4) is 5.75 Å². The minimum atomic E-state index is -0.364. The molecule has 1 N–H and O–H groups in total. The average Bonchev–Trinajstić information content (AvgIpc) is 2.75. The van der Waals surface area contributed by atoms with Crippen molar-refractivity contribution in [3.63, 3.8) is 0 Å². The first-order chi connectivity index (χ1) is 9.97. The van der Waals surface area contributed by atoms with Gasteiger partial charge in [0.25, 0.3) is 0 Å². The van der Waals surface area contributed by atoms with Crippen LogP contribution < -0.4 is 10.1 Å². The van der Waals surface area contributed by atoms with Crippen molar-refractivity contribution in [2.24, 2.45) is 7.05 Å². The van der Waals surface area contributed by atoms with Crippen LogP contribution in [0, 0.1) is 12.7 Å². The molecule has 0 fully saturated rings. The fourth-order valence-electron chi connectivity index (χ4n) is 1.81. The van der Waals surface area contributed by atoms with E-state index in [2.05, 4.69) is 29.4 Å². The second-order valence-corrected chi connectivity index (χ2v) is 5.31. The quantitative estimate of drug-likeness (QED) is 0.888. The lowest BCUT2D eigenvalue weighted by molar-refractivity contribution is 0.276. The van der Waals surface area contributed by atoms with Gasteiger partial charge in [-0.15, -0.1) is 10.2 Å². The van der Waals surface area contributed by atoms with E-state index in [0.717, 1.165) is 11.4 Å². The summed E-state index contributed by atoms with van der Waals surface area (Å²) in [5.74, 6) is 1.32. The molecule has 0 saturated carbocycles. The summed E-state index contributed by atoms with van der Waals surface area (Å²) in [6, 6.07) is 5.36.